The Morgan fingerprint density at radius 3 is 2.54 bits per heavy atom. The van der Waals surface area contributed by atoms with Gasteiger partial charge in [-0.1, -0.05) is 6.07 Å². The number of pyridine rings is 1. The van der Waals surface area contributed by atoms with Crippen molar-refractivity contribution in [2.24, 2.45) is 11.8 Å². The molecular weight excluding hydrogens is 514 g/mol. The summed E-state index contributed by atoms with van der Waals surface area (Å²) < 4.78 is 7.36. The fraction of sp³-hybridized carbons (Fsp3) is 0.515. The number of carbonyl (C=O) groups excluding carboxylic acids is 1. The van der Waals surface area contributed by atoms with E-state index < -0.39 is 0 Å². The number of ether oxygens (including phenoxy) is 1. The lowest BCUT2D eigenvalue weighted by Crippen LogP contribution is -2.42. The van der Waals surface area contributed by atoms with Gasteiger partial charge in [-0.15, -0.1) is 0 Å². The SMILES string of the molecule is COc1ccc(C2CCC(CN(C(=O)C3CCC(O)CC3)c3cc(-c4cnn(C5CC5)c4)ccn3)CC2)c(C#N)c1. The third-order valence-corrected chi connectivity index (χ3v) is 9.30. The van der Waals surface area contributed by atoms with Crippen LogP contribution >= 0.6 is 0 Å². The highest BCUT2D eigenvalue weighted by Gasteiger charge is 2.33. The van der Waals surface area contributed by atoms with Gasteiger partial charge in [0.25, 0.3) is 0 Å². The predicted octanol–water partition coefficient (Wildman–Crippen LogP) is 6.02. The van der Waals surface area contributed by atoms with Crippen molar-refractivity contribution in [1.29, 1.82) is 5.26 Å². The Bertz CT molecular complexity index is 1410. The van der Waals surface area contributed by atoms with Gasteiger partial charge in [-0.2, -0.15) is 10.4 Å². The number of anilines is 1. The summed E-state index contributed by atoms with van der Waals surface area (Å²) in [5, 5.41) is 24.3. The molecule has 1 amide bonds. The van der Waals surface area contributed by atoms with Crippen molar-refractivity contribution in [3.63, 3.8) is 0 Å². The van der Waals surface area contributed by atoms with E-state index in [1.165, 1.54) is 12.8 Å². The Morgan fingerprint density at radius 2 is 1.83 bits per heavy atom. The van der Waals surface area contributed by atoms with Crippen molar-refractivity contribution in [2.75, 3.05) is 18.6 Å². The number of hydrogen-bond donors (Lipinski definition) is 1. The quantitative estimate of drug-likeness (QED) is 0.366. The van der Waals surface area contributed by atoms with E-state index in [9.17, 15) is 15.2 Å². The highest BCUT2D eigenvalue weighted by Crippen LogP contribution is 2.40. The molecule has 41 heavy (non-hydrogen) atoms. The molecule has 2 heterocycles. The largest absolute Gasteiger partial charge is 0.497 e. The standard InChI is InChI=1S/C33H39N5O3/c1-41-30-12-13-31(26(16-30)18-34)23-4-2-22(3-5-23)20-37(33(40)24-6-10-29(39)11-7-24)32-17-25(14-15-35-32)27-19-36-38(21-27)28-8-9-28/h12-17,19,21-24,28-29,39H,2-11,20H2,1H3. The molecule has 214 valence electrons. The predicted molar refractivity (Wildman–Crippen MR) is 156 cm³/mol. The van der Waals surface area contributed by atoms with Crippen LogP contribution in [0.2, 0.25) is 0 Å². The highest BCUT2D eigenvalue weighted by molar-refractivity contribution is 5.94. The van der Waals surface area contributed by atoms with Crippen LogP contribution in [0.15, 0.2) is 48.9 Å². The molecule has 8 heteroatoms. The molecule has 0 aliphatic heterocycles. The molecule has 6 rings (SSSR count). The number of hydrogen-bond acceptors (Lipinski definition) is 6. The average Bonchev–Trinajstić information content (AvgIpc) is 3.75. The Balaban J connectivity index is 1.20. The lowest BCUT2D eigenvalue weighted by atomic mass is 9.77. The first kappa shape index (κ1) is 27.5. The normalized spacial score (nSPS) is 24.4. The van der Waals surface area contributed by atoms with E-state index in [1.54, 1.807) is 13.3 Å². The number of benzene rings is 1. The van der Waals surface area contributed by atoms with Crippen molar-refractivity contribution >= 4 is 11.7 Å². The molecule has 3 aliphatic rings. The van der Waals surface area contributed by atoms with Crippen LogP contribution < -0.4 is 9.64 Å². The molecule has 8 nitrogen and oxygen atoms in total. The average molecular weight is 554 g/mol. The van der Waals surface area contributed by atoms with E-state index in [1.807, 2.05) is 46.1 Å². The maximum Gasteiger partial charge on any atom is 0.231 e. The molecule has 0 bridgehead atoms. The summed E-state index contributed by atoms with van der Waals surface area (Å²) in [6.45, 7) is 0.635. The minimum atomic E-state index is -0.302. The van der Waals surface area contributed by atoms with Crippen LogP contribution in [-0.2, 0) is 4.79 Å². The van der Waals surface area contributed by atoms with Crippen LogP contribution in [0.1, 0.15) is 87.3 Å². The number of carbonyl (C=O) groups is 1. The van der Waals surface area contributed by atoms with Crippen LogP contribution in [0.5, 0.6) is 5.75 Å². The van der Waals surface area contributed by atoms with Gasteiger partial charge in [0.15, 0.2) is 0 Å². The maximum absolute atomic E-state index is 14.0. The number of aliphatic hydroxyl groups is 1. The second kappa shape index (κ2) is 12.0. The van der Waals surface area contributed by atoms with Gasteiger partial charge < -0.3 is 9.84 Å². The van der Waals surface area contributed by atoms with Crippen molar-refractivity contribution in [3.05, 3.63) is 60.0 Å². The van der Waals surface area contributed by atoms with Gasteiger partial charge in [0, 0.05) is 30.4 Å². The number of amides is 1. The summed E-state index contributed by atoms with van der Waals surface area (Å²) in [7, 11) is 1.62. The van der Waals surface area contributed by atoms with E-state index >= 15 is 0 Å². The fourth-order valence-electron chi connectivity index (χ4n) is 6.64. The van der Waals surface area contributed by atoms with Crippen LogP contribution in [-0.4, -0.2) is 45.5 Å². The Morgan fingerprint density at radius 1 is 1.05 bits per heavy atom. The molecule has 0 unspecified atom stereocenters. The monoisotopic (exact) mass is 553 g/mol. The van der Waals surface area contributed by atoms with Gasteiger partial charge >= 0.3 is 0 Å². The van der Waals surface area contributed by atoms with Crippen LogP contribution in [0.4, 0.5) is 5.82 Å². The van der Waals surface area contributed by atoms with Crippen LogP contribution in [0.25, 0.3) is 11.1 Å². The van der Waals surface area contributed by atoms with Gasteiger partial charge in [-0.3, -0.25) is 14.4 Å². The Hall–Kier alpha value is -3.70. The third-order valence-electron chi connectivity index (χ3n) is 9.30. The second-order valence-corrected chi connectivity index (χ2v) is 12.1. The van der Waals surface area contributed by atoms with Crippen molar-refractivity contribution < 1.29 is 14.6 Å². The van der Waals surface area contributed by atoms with Gasteiger partial charge in [0.1, 0.15) is 11.6 Å². The van der Waals surface area contributed by atoms with Gasteiger partial charge in [-0.05, 0) is 111 Å². The number of aliphatic hydroxyl groups excluding tert-OH is 1. The van der Waals surface area contributed by atoms with E-state index in [4.69, 9.17) is 9.72 Å². The molecule has 3 aliphatic carbocycles. The van der Waals surface area contributed by atoms with Crippen molar-refractivity contribution in [3.8, 4) is 22.9 Å². The molecule has 0 spiro atoms. The molecule has 3 aromatic rings. The third kappa shape index (κ3) is 6.15. The first-order valence-corrected chi connectivity index (χ1v) is 15.1. The van der Waals surface area contributed by atoms with E-state index in [0.717, 1.165) is 42.4 Å². The molecule has 2 aromatic heterocycles. The van der Waals surface area contributed by atoms with Crippen molar-refractivity contribution in [1.82, 2.24) is 14.8 Å². The lowest BCUT2D eigenvalue weighted by Gasteiger charge is -2.35. The van der Waals surface area contributed by atoms with E-state index in [0.29, 0.717) is 67.2 Å². The van der Waals surface area contributed by atoms with Crippen LogP contribution in [0.3, 0.4) is 0 Å². The molecule has 0 atom stereocenters. The topological polar surface area (TPSA) is 104 Å². The molecule has 3 fully saturated rings. The zero-order valence-corrected chi connectivity index (χ0v) is 23.8. The highest BCUT2D eigenvalue weighted by atomic mass is 16.5. The van der Waals surface area contributed by atoms with Gasteiger partial charge in [0.05, 0.1) is 37.1 Å². The Kier molecular flexibility index (Phi) is 8.06. The Labute approximate surface area is 242 Å². The molecular formula is C33H39N5O3. The van der Waals surface area contributed by atoms with Crippen molar-refractivity contribution in [2.45, 2.75) is 82.3 Å². The summed E-state index contributed by atoms with van der Waals surface area (Å²) in [6.07, 6.45) is 14.6. The smallest absolute Gasteiger partial charge is 0.231 e. The second-order valence-electron chi connectivity index (χ2n) is 12.1. The zero-order chi connectivity index (χ0) is 28.3. The minimum absolute atomic E-state index is 0.0877. The molecule has 1 aromatic carbocycles. The summed E-state index contributed by atoms with van der Waals surface area (Å²) in [6, 6.07) is 12.7. The van der Waals surface area contributed by atoms with E-state index in [2.05, 4.69) is 17.4 Å². The first-order valence-electron chi connectivity index (χ1n) is 15.1. The summed E-state index contributed by atoms with van der Waals surface area (Å²) >= 11 is 0. The van der Waals surface area contributed by atoms with Gasteiger partial charge in [0.2, 0.25) is 5.91 Å². The van der Waals surface area contributed by atoms with Crippen LogP contribution in [0, 0.1) is 23.2 Å². The molecule has 1 N–H and O–H groups in total. The number of rotatable bonds is 8. The number of nitriles is 1. The summed E-state index contributed by atoms with van der Waals surface area (Å²) in [4.78, 5) is 20.6. The molecule has 0 radical (unpaired) electrons. The minimum Gasteiger partial charge on any atom is -0.497 e. The number of aromatic nitrogens is 3. The molecule has 3 saturated carbocycles. The number of nitrogens with zero attached hydrogens (tertiary/aromatic N) is 5. The zero-order valence-electron chi connectivity index (χ0n) is 23.8. The van der Waals surface area contributed by atoms with Gasteiger partial charge in [-0.25, -0.2) is 4.98 Å². The first-order chi connectivity index (χ1) is 20.0. The van der Waals surface area contributed by atoms with E-state index in [-0.39, 0.29) is 17.9 Å². The molecule has 0 saturated heterocycles. The summed E-state index contributed by atoms with van der Waals surface area (Å²) in [5.41, 5.74) is 3.85. The lowest BCUT2D eigenvalue weighted by molar-refractivity contribution is -0.124. The number of methoxy groups -OCH3 is 1. The fourth-order valence-corrected chi connectivity index (χ4v) is 6.64. The maximum atomic E-state index is 14.0. The summed E-state index contributed by atoms with van der Waals surface area (Å²) in [5.74, 6) is 2.13.